The predicted molar refractivity (Wildman–Crippen MR) is 73.7 cm³/mol. The summed E-state index contributed by atoms with van der Waals surface area (Å²) in [6.07, 6.45) is 0. The molecule has 0 amide bonds. The predicted octanol–water partition coefficient (Wildman–Crippen LogP) is 4.42. The van der Waals surface area contributed by atoms with Gasteiger partial charge in [0.25, 0.3) is 0 Å². The lowest BCUT2D eigenvalue weighted by atomic mass is 10.1. The first-order valence-electron chi connectivity index (χ1n) is 5.20. The zero-order valence-corrected chi connectivity index (χ0v) is 11.9. The Morgan fingerprint density at radius 2 is 2.12 bits per heavy atom. The molecular formula is C12H12BrFN2S. The molecule has 0 radical (unpaired) electrons. The maximum Gasteiger partial charge on any atom is 0.137 e. The molecule has 0 aliphatic heterocycles. The second-order valence-corrected chi connectivity index (χ2v) is 5.97. The molecule has 0 unspecified atom stereocenters. The van der Waals surface area contributed by atoms with Gasteiger partial charge in [-0.1, -0.05) is 13.8 Å². The van der Waals surface area contributed by atoms with Crippen LogP contribution in [0, 0.1) is 5.82 Å². The summed E-state index contributed by atoms with van der Waals surface area (Å²) in [5, 5.41) is 1.67. The van der Waals surface area contributed by atoms with E-state index in [-0.39, 0.29) is 5.82 Å². The van der Waals surface area contributed by atoms with E-state index in [1.54, 1.807) is 12.1 Å². The maximum absolute atomic E-state index is 13.2. The molecule has 2 rings (SSSR count). The van der Waals surface area contributed by atoms with E-state index >= 15 is 0 Å². The van der Waals surface area contributed by atoms with Crippen LogP contribution >= 0.6 is 27.3 Å². The van der Waals surface area contributed by atoms with E-state index in [1.165, 1.54) is 17.4 Å². The number of nitrogen functional groups attached to an aromatic ring is 1. The molecule has 1 aromatic heterocycles. The third-order valence-corrected chi connectivity index (χ3v) is 4.15. The third-order valence-electron chi connectivity index (χ3n) is 2.36. The summed E-state index contributed by atoms with van der Waals surface area (Å²) in [6.45, 7) is 4.14. The first kappa shape index (κ1) is 12.5. The Kier molecular flexibility index (Phi) is 3.49. The van der Waals surface area contributed by atoms with Crippen molar-refractivity contribution in [2.24, 2.45) is 0 Å². The lowest BCUT2D eigenvalue weighted by molar-refractivity contribution is 0.621. The molecule has 0 bridgehead atoms. The van der Waals surface area contributed by atoms with Crippen molar-refractivity contribution < 1.29 is 4.39 Å². The van der Waals surface area contributed by atoms with Crippen molar-refractivity contribution in [3.8, 4) is 11.3 Å². The van der Waals surface area contributed by atoms with Gasteiger partial charge >= 0.3 is 0 Å². The second-order valence-electron chi connectivity index (χ2n) is 4.05. The minimum Gasteiger partial charge on any atom is -0.389 e. The average Bonchev–Trinajstić information content (AvgIpc) is 2.65. The summed E-state index contributed by atoms with van der Waals surface area (Å²) in [5.74, 6) is 0.0616. The summed E-state index contributed by atoms with van der Waals surface area (Å²) in [5.41, 5.74) is 7.51. The van der Waals surface area contributed by atoms with E-state index in [0.29, 0.717) is 15.4 Å². The van der Waals surface area contributed by atoms with Gasteiger partial charge in [0.2, 0.25) is 0 Å². The molecule has 0 saturated heterocycles. The van der Waals surface area contributed by atoms with E-state index in [9.17, 15) is 4.39 Å². The van der Waals surface area contributed by atoms with Crippen molar-refractivity contribution in [2.45, 2.75) is 19.8 Å². The van der Waals surface area contributed by atoms with Crippen LogP contribution in [0.25, 0.3) is 11.3 Å². The van der Waals surface area contributed by atoms with Gasteiger partial charge in [-0.3, -0.25) is 0 Å². The van der Waals surface area contributed by atoms with Crippen LogP contribution in [0.2, 0.25) is 0 Å². The Labute approximate surface area is 112 Å². The molecule has 90 valence electrons. The Bertz CT molecular complexity index is 551. The lowest BCUT2D eigenvalue weighted by Crippen LogP contribution is -1.88. The molecule has 5 heteroatoms. The highest BCUT2D eigenvalue weighted by atomic mass is 79.9. The zero-order valence-electron chi connectivity index (χ0n) is 9.50. The molecule has 0 spiro atoms. The number of thiazole rings is 1. The fourth-order valence-corrected chi connectivity index (χ4v) is 2.68. The van der Waals surface area contributed by atoms with E-state index in [2.05, 4.69) is 34.8 Å². The molecule has 0 aliphatic rings. The van der Waals surface area contributed by atoms with Crippen molar-refractivity contribution in [1.82, 2.24) is 4.98 Å². The number of rotatable bonds is 2. The van der Waals surface area contributed by atoms with Gasteiger partial charge in [0.05, 0.1) is 9.48 Å². The fourth-order valence-electron chi connectivity index (χ4n) is 1.45. The minimum absolute atomic E-state index is 0.286. The monoisotopic (exact) mass is 314 g/mol. The molecule has 0 saturated carbocycles. The molecule has 17 heavy (non-hydrogen) atoms. The van der Waals surface area contributed by atoms with Crippen LogP contribution in [0.5, 0.6) is 0 Å². The van der Waals surface area contributed by atoms with E-state index in [1.807, 2.05) is 0 Å². The third kappa shape index (κ3) is 2.50. The summed E-state index contributed by atoms with van der Waals surface area (Å²) < 4.78 is 13.6. The molecule has 2 N–H and O–H groups in total. The fraction of sp³-hybridized carbons (Fsp3) is 0.250. The van der Waals surface area contributed by atoms with Gasteiger partial charge in [-0.15, -0.1) is 11.3 Å². The molecule has 0 fully saturated rings. The van der Waals surface area contributed by atoms with E-state index in [0.717, 1.165) is 16.3 Å². The van der Waals surface area contributed by atoms with Gasteiger partial charge < -0.3 is 5.73 Å². The highest BCUT2D eigenvalue weighted by Crippen LogP contribution is 2.35. The largest absolute Gasteiger partial charge is 0.389 e. The van der Waals surface area contributed by atoms with Gasteiger partial charge in [-0.2, -0.15) is 0 Å². The highest BCUT2D eigenvalue weighted by molar-refractivity contribution is 9.10. The standard InChI is InChI=1S/C12H12BrFN2S/c1-6(2)12-16-10(11(15)17-12)7-3-4-9(14)8(13)5-7/h3-6H,15H2,1-2H3. The lowest BCUT2D eigenvalue weighted by Gasteiger charge is -2.01. The minimum atomic E-state index is -0.286. The SMILES string of the molecule is CC(C)c1nc(-c2ccc(F)c(Br)c2)c(N)s1. The number of hydrogen-bond acceptors (Lipinski definition) is 3. The molecule has 2 aromatic rings. The van der Waals surface area contributed by atoms with Gasteiger partial charge in [0.15, 0.2) is 0 Å². The van der Waals surface area contributed by atoms with E-state index in [4.69, 9.17) is 5.73 Å². The van der Waals surface area contributed by atoms with Gasteiger partial charge in [0.1, 0.15) is 16.5 Å². The molecule has 1 aromatic carbocycles. The van der Waals surface area contributed by atoms with Crippen LogP contribution < -0.4 is 5.73 Å². The van der Waals surface area contributed by atoms with Crippen LogP contribution in [0.4, 0.5) is 9.39 Å². The number of nitrogens with zero attached hydrogens (tertiary/aromatic N) is 1. The number of halogens is 2. The summed E-state index contributed by atoms with van der Waals surface area (Å²) in [7, 11) is 0. The van der Waals surface area contributed by atoms with Crippen molar-refractivity contribution >= 4 is 32.3 Å². The number of aromatic nitrogens is 1. The average molecular weight is 315 g/mol. The van der Waals surface area contributed by atoms with E-state index < -0.39 is 0 Å². The first-order chi connectivity index (χ1) is 7.99. The number of anilines is 1. The Balaban J connectivity index is 2.49. The van der Waals surface area contributed by atoms with Crippen molar-refractivity contribution in [3.05, 3.63) is 33.5 Å². The first-order valence-corrected chi connectivity index (χ1v) is 6.81. The van der Waals surface area contributed by atoms with Crippen LogP contribution in [0.3, 0.4) is 0 Å². The Morgan fingerprint density at radius 1 is 1.41 bits per heavy atom. The maximum atomic E-state index is 13.2. The van der Waals surface area contributed by atoms with Crippen LogP contribution in [0.1, 0.15) is 24.8 Å². The topological polar surface area (TPSA) is 38.9 Å². The number of nitrogens with two attached hydrogens (primary N) is 1. The molecule has 2 nitrogen and oxygen atoms in total. The smallest absolute Gasteiger partial charge is 0.137 e. The Morgan fingerprint density at radius 3 is 2.65 bits per heavy atom. The second kappa shape index (κ2) is 4.74. The van der Waals surface area contributed by atoms with Crippen molar-refractivity contribution in [2.75, 3.05) is 5.73 Å². The summed E-state index contributed by atoms with van der Waals surface area (Å²) in [4.78, 5) is 4.50. The zero-order chi connectivity index (χ0) is 12.6. The quantitative estimate of drug-likeness (QED) is 0.891. The summed E-state index contributed by atoms with van der Waals surface area (Å²) >= 11 is 4.65. The van der Waals surface area contributed by atoms with Crippen molar-refractivity contribution in [1.29, 1.82) is 0 Å². The highest BCUT2D eigenvalue weighted by Gasteiger charge is 2.13. The normalized spacial score (nSPS) is 11.1. The van der Waals surface area contributed by atoms with Crippen molar-refractivity contribution in [3.63, 3.8) is 0 Å². The summed E-state index contributed by atoms with van der Waals surface area (Å²) in [6, 6.07) is 4.80. The molecular weight excluding hydrogens is 303 g/mol. The van der Waals surface area contributed by atoms with Gasteiger partial charge in [-0.25, -0.2) is 9.37 Å². The van der Waals surface area contributed by atoms with Gasteiger partial charge in [-0.05, 0) is 34.1 Å². The molecule has 1 heterocycles. The van der Waals surface area contributed by atoms with Crippen LogP contribution in [0.15, 0.2) is 22.7 Å². The number of hydrogen-bond donors (Lipinski definition) is 1. The molecule has 0 atom stereocenters. The Hall–Kier alpha value is -0.940. The van der Waals surface area contributed by atoms with Crippen LogP contribution in [-0.2, 0) is 0 Å². The molecule has 0 aliphatic carbocycles. The number of benzene rings is 1. The van der Waals surface area contributed by atoms with Gasteiger partial charge in [0, 0.05) is 11.5 Å². The van der Waals surface area contributed by atoms with Crippen LogP contribution in [-0.4, -0.2) is 4.98 Å².